The van der Waals surface area contributed by atoms with Crippen LogP contribution in [0.25, 0.3) is 0 Å². The third kappa shape index (κ3) is 59.0. The van der Waals surface area contributed by atoms with Crippen LogP contribution in [-0.2, 0) is 28.6 Å². The molecule has 0 aromatic heterocycles. The van der Waals surface area contributed by atoms with E-state index in [1.54, 1.807) is 0 Å². The minimum Gasteiger partial charge on any atom is -0.462 e. The van der Waals surface area contributed by atoms with Crippen LogP contribution in [0.15, 0.2) is 109 Å². The molecule has 1 atom stereocenters. The third-order valence-electron chi connectivity index (χ3n) is 13.0. The molecule has 1 unspecified atom stereocenters. The largest absolute Gasteiger partial charge is 0.462 e. The maximum Gasteiger partial charge on any atom is 0.306 e. The highest BCUT2D eigenvalue weighted by molar-refractivity contribution is 5.71. The van der Waals surface area contributed by atoms with Gasteiger partial charge in [0.1, 0.15) is 13.2 Å². The zero-order valence-corrected chi connectivity index (χ0v) is 48.3. The van der Waals surface area contributed by atoms with Crippen LogP contribution in [0.2, 0.25) is 0 Å². The van der Waals surface area contributed by atoms with Crippen molar-refractivity contribution in [3.63, 3.8) is 0 Å². The predicted octanol–water partition coefficient (Wildman–Crippen LogP) is 21.0. The lowest BCUT2D eigenvalue weighted by molar-refractivity contribution is -0.167. The quantitative estimate of drug-likeness (QED) is 0.0261. The van der Waals surface area contributed by atoms with Gasteiger partial charge >= 0.3 is 17.9 Å². The Hall–Kier alpha value is -3.93. The second-order valence-electron chi connectivity index (χ2n) is 20.2. The number of esters is 3. The monoisotopic (exact) mass is 1030 g/mol. The molecule has 0 saturated carbocycles. The molecular weight excluding hydrogens is 913 g/mol. The smallest absolute Gasteiger partial charge is 0.306 e. The van der Waals surface area contributed by atoms with Crippen LogP contribution in [0.1, 0.15) is 284 Å². The van der Waals surface area contributed by atoms with Crippen molar-refractivity contribution in [2.75, 3.05) is 13.2 Å². The van der Waals surface area contributed by atoms with Crippen LogP contribution >= 0.6 is 0 Å². The van der Waals surface area contributed by atoms with Crippen molar-refractivity contribution in [1.82, 2.24) is 0 Å². The van der Waals surface area contributed by atoms with E-state index in [-0.39, 0.29) is 31.1 Å². The van der Waals surface area contributed by atoms with Crippen molar-refractivity contribution >= 4 is 17.9 Å². The fourth-order valence-corrected chi connectivity index (χ4v) is 8.39. The summed E-state index contributed by atoms with van der Waals surface area (Å²) in [5.41, 5.74) is 0. The number of allylic oxidation sites excluding steroid dienone is 18. The fourth-order valence-electron chi connectivity index (χ4n) is 8.39. The molecule has 6 nitrogen and oxygen atoms in total. The highest BCUT2D eigenvalue weighted by Crippen LogP contribution is 2.15. The van der Waals surface area contributed by atoms with Gasteiger partial charge < -0.3 is 14.2 Å². The Bertz CT molecular complexity index is 1510. The SMILES string of the molecule is CC/C=C\C/C=C\C/C=C\C/C=C\C/C=C\C/C=C\C/C=C\C/C=C\CCCCCCCCCCCCC(=O)OCC(COC(=O)CCCCCCC)OC(=O)CCCCCCC/C=C\CCCCCCCCC. The first-order valence-electron chi connectivity index (χ1n) is 30.9. The first kappa shape index (κ1) is 70.1. The summed E-state index contributed by atoms with van der Waals surface area (Å²) < 4.78 is 16.7. The lowest BCUT2D eigenvalue weighted by atomic mass is 10.1. The van der Waals surface area contributed by atoms with Crippen LogP contribution in [0.5, 0.6) is 0 Å². The molecule has 0 fully saturated rings. The average molecular weight is 1030 g/mol. The second kappa shape index (κ2) is 61.6. The standard InChI is InChI=1S/C68H114O6/c1-4-7-10-13-15-17-19-21-23-25-26-27-28-29-30-31-32-33-34-35-36-37-38-39-40-41-42-43-45-46-48-50-52-55-58-61-67(70)73-64-65(63-72-66(69)60-57-54-12-9-6-3)74-68(71)62-59-56-53-51-49-47-44-24-22-20-18-16-14-11-8-5-2/h7,10,15,17,21,23-24,26-27,29-30,32-33,35-36,38-39,44,65H,4-6,8-9,11-14,16,18-20,22,25,28,31,34,37,40-43,45-64H2,1-3H3/b10-7-,17-15-,23-21-,27-26-,30-29-,33-32-,36-35-,39-38-,44-24-. The first-order valence-corrected chi connectivity index (χ1v) is 30.9. The minimum atomic E-state index is -0.780. The number of hydrogen-bond donors (Lipinski definition) is 0. The summed E-state index contributed by atoms with van der Waals surface area (Å²) in [5, 5.41) is 0. The molecule has 0 N–H and O–H groups in total. The topological polar surface area (TPSA) is 78.9 Å². The second-order valence-corrected chi connectivity index (χ2v) is 20.2. The third-order valence-corrected chi connectivity index (χ3v) is 13.0. The molecule has 422 valence electrons. The van der Waals surface area contributed by atoms with E-state index >= 15 is 0 Å². The van der Waals surface area contributed by atoms with E-state index in [1.165, 1.54) is 116 Å². The zero-order valence-electron chi connectivity index (χ0n) is 48.3. The number of rotatable bonds is 55. The van der Waals surface area contributed by atoms with Crippen molar-refractivity contribution in [2.45, 2.75) is 290 Å². The van der Waals surface area contributed by atoms with E-state index in [0.29, 0.717) is 19.3 Å². The summed E-state index contributed by atoms with van der Waals surface area (Å²) in [5.74, 6) is -0.906. The summed E-state index contributed by atoms with van der Waals surface area (Å²) in [6, 6.07) is 0. The Morgan fingerprint density at radius 3 is 0.838 bits per heavy atom. The van der Waals surface area contributed by atoms with E-state index in [4.69, 9.17) is 14.2 Å². The summed E-state index contributed by atoms with van der Waals surface area (Å²) in [4.78, 5) is 37.8. The van der Waals surface area contributed by atoms with E-state index in [2.05, 4.69) is 130 Å². The van der Waals surface area contributed by atoms with Gasteiger partial charge in [-0.1, -0.05) is 265 Å². The molecule has 0 bridgehead atoms. The molecule has 74 heavy (non-hydrogen) atoms. The van der Waals surface area contributed by atoms with Gasteiger partial charge in [-0.25, -0.2) is 0 Å². The molecule has 0 spiro atoms. The van der Waals surface area contributed by atoms with E-state index in [1.807, 2.05) is 0 Å². The highest BCUT2D eigenvalue weighted by atomic mass is 16.6. The molecule has 0 aliphatic rings. The maximum atomic E-state index is 12.8. The first-order chi connectivity index (χ1) is 36.5. The molecule has 0 radical (unpaired) electrons. The lowest BCUT2D eigenvalue weighted by Crippen LogP contribution is -2.30. The predicted molar refractivity (Wildman–Crippen MR) is 320 cm³/mol. The minimum absolute atomic E-state index is 0.0819. The van der Waals surface area contributed by atoms with Crippen LogP contribution in [0.3, 0.4) is 0 Å². The molecule has 0 aromatic carbocycles. The molecule has 0 amide bonds. The van der Waals surface area contributed by atoms with Crippen LogP contribution in [0.4, 0.5) is 0 Å². The molecule has 0 aliphatic carbocycles. The van der Waals surface area contributed by atoms with Crippen molar-refractivity contribution in [3.05, 3.63) is 109 Å². The Morgan fingerprint density at radius 2 is 0.527 bits per heavy atom. The van der Waals surface area contributed by atoms with Gasteiger partial charge in [0.05, 0.1) is 0 Å². The molecule has 6 heteroatoms. The molecule has 0 rings (SSSR count). The van der Waals surface area contributed by atoms with E-state index < -0.39 is 6.10 Å². The molecule has 0 saturated heterocycles. The van der Waals surface area contributed by atoms with Gasteiger partial charge in [-0.3, -0.25) is 14.4 Å². The molecular formula is C68H114O6. The van der Waals surface area contributed by atoms with Gasteiger partial charge in [0.25, 0.3) is 0 Å². The summed E-state index contributed by atoms with van der Waals surface area (Å²) in [6.07, 6.45) is 84.3. The maximum absolute atomic E-state index is 12.8. The van der Waals surface area contributed by atoms with Gasteiger partial charge in [-0.05, 0) is 109 Å². The van der Waals surface area contributed by atoms with Crippen molar-refractivity contribution in [2.24, 2.45) is 0 Å². The number of unbranched alkanes of at least 4 members (excludes halogenated alkanes) is 26. The average Bonchev–Trinajstić information content (AvgIpc) is 3.40. The van der Waals surface area contributed by atoms with Crippen LogP contribution < -0.4 is 0 Å². The fraction of sp³-hybridized carbons (Fsp3) is 0.691. The number of carbonyl (C=O) groups is 3. The van der Waals surface area contributed by atoms with Crippen molar-refractivity contribution in [3.8, 4) is 0 Å². The number of hydrogen-bond acceptors (Lipinski definition) is 6. The van der Waals surface area contributed by atoms with Crippen LogP contribution in [-0.4, -0.2) is 37.2 Å². The molecule has 0 heterocycles. The summed E-state index contributed by atoms with van der Waals surface area (Å²) in [6.45, 7) is 6.43. The molecule has 0 aliphatic heterocycles. The van der Waals surface area contributed by atoms with Crippen LogP contribution in [0, 0.1) is 0 Å². The Labute approximate surface area is 457 Å². The van der Waals surface area contributed by atoms with Gasteiger partial charge in [-0.15, -0.1) is 0 Å². The van der Waals surface area contributed by atoms with E-state index in [0.717, 1.165) is 128 Å². The number of carbonyl (C=O) groups excluding carboxylic acids is 3. The molecule has 0 aromatic rings. The number of ether oxygens (including phenoxy) is 3. The summed E-state index contributed by atoms with van der Waals surface area (Å²) >= 11 is 0. The highest BCUT2D eigenvalue weighted by Gasteiger charge is 2.19. The van der Waals surface area contributed by atoms with Gasteiger partial charge in [0, 0.05) is 19.3 Å². The zero-order chi connectivity index (χ0) is 53.6. The normalized spacial score (nSPS) is 12.9. The Balaban J connectivity index is 4.03. The lowest BCUT2D eigenvalue weighted by Gasteiger charge is -2.18. The summed E-state index contributed by atoms with van der Waals surface area (Å²) in [7, 11) is 0. The van der Waals surface area contributed by atoms with Gasteiger partial charge in [0.15, 0.2) is 6.10 Å². The Kier molecular flexibility index (Phi) is 58.3. The van der Waals surface area contributed by atoms with Crippen molar-refractivity contribution in [1.29, 1.82) is 0 Å². The Morgan fingerprint density at radius 1 is 0.284 bits per heavy atom. The van der Waals surface area contributed by atoms with Gasteiger partial charge in [-0.2, -0.15) is 0 Å². The van der Waals surface area contributed by atoms with Crippen molar-refractivity contribution < 1.29 is 28.6 Å². The van der Waals surface area contributed by atoms with Gasteiger partial charge in [0.2, 0.25) is 0 Å². The van der Waals surface area contributed by atoms with E-state index in [9.17, 15) is 14.4 Å².